The van der Waals surface area contributed by atoms with E-state index in [-0.39, 0.29) is 40.9 Å². The van der Waals surface area contributed by atoms with Crippen molar-refractivity contribution in [3.63, 3.8) is 0 Å². The monoisotopic (exact) mass is 698 g/mol. The third-order valence-electron chi connectivity index (χ3n) is 7.46. The molecule has 0 saturated heterocycles. The second-order valence-electron chi connectivity index (χ2n) is 11.0. The standard InChI is InChI=1S/C34H34N8O9/c1-5-35-31(44)25-16-41-28(21(25)3)29(36-18-37-41)42(26-15-24(12-11-20(26)2)30(43)39-27-13-14-51-40-27)34(47)50-19-49-32(45)22(4)38-33(46)48-17-23-9-7-6-8-10-23/h6-16,18,22H,5,17,19H2,1-4H3,(H,35,44)(H,38,46)(H,39,40,43). The van der Waals surface area contributed by atoms with E-state index < -0.39 is 36.9 Å². The van der Waals surface area contributed by atoms with Crippen LogP contribution < -0.4 is 20.9 Å². The lowest BCUT2D eigenvalue weighted by Crippen LogP contribution is -2.40. The molecule has 264 valence electrons. The molecular weight excluding hydrogens is 664 g/mol. The molecule has 5 aromatic rings. The molecule has 17 heteroatoms. The van der Waals surface area contributed by atoms with Gasteiger partial charge in [-0.05, 0) is 56.5 Å². The molecule has 3 N–H and O–H groups in total. The van der Waals surface area contributed by atoms with E-state index in [4.69, 9.17) is 18.7 Å². The molecule has 5 rings (SSSR count). The van der Waals surface area contributed by atoms with Crippen LogP contribution in [0.15, 0.2) is 77.9 Å². The van der Waals surface area contributed by atoms with E-state index in [0.29, 0.717) is 23.2 Å². The summed E-state index contributed by atoms with van der Waals surface area (Å²) in [5, 5.41) is 15.6. The van der Waals surface area contributed by atoms with Gasteiger partial charge >= 0.3 is 18.2 Å². The molecule has 0 fully saturated rings. The zero-order chi connectivity index (χ0) is 36.5. The Kier molecular flexibility index (Phi) is 11.2. The quantitative estimate of drug-likeness (QED) is 0.122. The lowest BCUT2D eigenvalue weighted by atomic mass is 10.1. The Labute approximate surface area is 290 Å². The molecule has 4 amide bonds. The Morgan fingerprint density at radius 2 is 1.76 bits per heavy atom. The van der Waals surface area contributed by atoms with E-state index in [1.165, 1.54) is 42.4 Å². The van der Waals surface area contributed by atoms with Crippen LogP contribution in [-0.4, -0.2) is 69.1 Å². The predicted molar refractivity (Wildman–Crippen MR) is 180 cm³/mol. The van der Waals surface area contributed by atoms with Crippen LogP contribution in [0, 0.1) is 13.8 Å². The fraction of sp³-hybridized carbons (Fsp3) is 0.235. The third-order valence-corrected chi connectivity index (χ3v) is 7.46. The Bertz CT molecular complexity index is 2050. The number of rotatable bonds is 12. The van der Waals surface area contributed by atoms with Gasteiger partial charge in [-0.1, -0.05) is 41.6 Å². The van der Waals surface area contributed by atoms with Crippen molar-refractivity contribution in [3.05, 3.63) is 101 Å². The summed E-state index contributed by atoms with van der Waals surface area (Å²) in [7, 11) is 0. The first kappa shape index (κ1) is 35.5. The number of ether oxygens (including phenoxy) is 3. The molecule has 0 aliphatic heterocycles. The highest BCUT2D eigenvalue weighted by Crippen LogP contribution is 2.34. The second-order valence-corrected chi connectivity index (χ2v) is 11.0. The van der Waals surface area contributed by atoms with Crippen molar-refractivity contribution < 1.29 is 42.7 Å². The fourth-order valence-corrected chi connectivity index (χ4v) is 4.87. The van der Waals surface area contributed by atoms with Gasteiger partial charge in [0.1, 0.15) is 30.8 Å². The third kappa shape index (κ3) is 8.45. The van der Waals surface area contributed by atoms with Crippen LogP contribution in [0.1, 0.15) is 51.3 Å². The minimum Gasteiger partial charge on any atom is -0.445 e. The Hall–Kier alpha value is -6.78. The molecule has 17 nitrogen and oxygen atoms in total. The summed E-state index contributed by atoms with van der Waals surface area (Å²) >= 11 is 0. The van der Waals surface area contributed by atoms with Gasteiger partial charge in [-0.15, -0.1) is 0 Å². The molecule has 3 heterocycles. The van der Waals surface area contributed by atoms with Crippen molar-refractivity contribution >= 4 is 52.8 Å². The van der Waals surface area contributed by atoms with E-state index in [1.54, 1.807) is 57.2 Å². The lowest BCUT2D eigenvalue weighted by molar-refractivity contribution is -0.153. The minimum absolute atomic E-state index is 0.00253. The number of carbonyl (C=O) groups is 5. The first-order valence-electron chi connectivity index (χ1n) is 15.6. The van der Waals surface area contributed by atoms with Gasteiger partial charge in [0, 0.05) is 24.4 Å². The number of aromatic nitrogens is 4. The van der Waals surface area contributed by atoms with Gasteiger partial charge < -0.3 is 34.7 Å². The van der Waals surface area contributed by atoms with Crippen molar-refractivity contribution in [3.8, 4) is 0 Å². The van der Waals surface area contributed by atoms with Crippen molar-refractivity contribution in [2.24, 2.45) is 0 Å². The number of hydrogen-bond acceptors (Lipinski definition) is 12. The van der Waals surface area contributed by atoms with Gasteiger partial charge in [0.05, 0.1) is 11.3 Å². The lowest BCUT2D eigenvalue weighted by Gasteiger charge is -2.24. The minimum atomic E-state index is -1.15. The molecule has 0 aliphatic rings. The summed E-state index contributed by atoms with van der Waals surface area (Å²) in [5.41, 5.74) is 2.64. The van der Waals surface area contributed by atoms with Crippen molar-refractivity contribution in [2.45, 2.75) is 40.3 Å². The van der Waals surface area contributed by atoms with Gasteiger partial charge in [-0.3, -0.25) is 9.59 Å². The maximum atomic E-state index is 13.9. The number of alkyl carbamates (subject to hydrolysis) is 1. The number of hydrogen-bond donors (Lipinski definition) is 3. The van der Waals surface area contributed by atoms with Crippen LogP contribution in [0.5, 0.6) is 0 Å². The smallest absolute Gasteiger partial charge is 0.423 e. The molecule has 0 bridgehead atoms. The molecule has 0 saturated carbocycles. The molecule has 0 radical (unpaired) electrons. The van der Waals surface area contributed by atoms with Crippen LogP contribution in [0.2, 0.25) is 0 Å². The zero-order valence-electron chi connectivity index (χ0n) is 28.0. The van der Waals surface area contributed by atoms with Gasteiger partial charge in [-0.2, -0.15) is 5.10 Å². The number of benzene rings is 2. The molecule has 51 heavy (non-hydrogen) atoms. The van der Waals surface area contributed by atoms with E-state index in [2.05, 4.69) is 31.2 Å². The molecule has 1 unspecified atom stereocenters. The fourth-order valence-electron chi connectivity index (χ4n) is 4.87. The van der Waals surface area contributed by atoms with Gasteiger partial charge in [0.25, 0.3) is 11.8 Å². The van der Waals surface area contributed by atoms with E-state index in [9.17, 15) is 24.0 Å². The second kappa shape index (κ2) is 16.1. The Balaban J connectivity index is 1.38. The molecule has 0 aliphatic carbocycles. The average Bonchev–Trinajstić information content (AvgIpc) is 3.76. The number of aryl methyl sites for hydroxylation is 2. The first-order valence-corrected chi connectivity index (χ1v) is 15.6. The van der Waals surface area contributed by atoms with Gasteiger partial charge in [0.2, 0.25) is 6.79 Å². The highest BCUT2D eigenvalue weighted by molar-refractivity contribution is 6.07. The van der Waals surface area contributed by atoms with E-state index in [0.717, 1.165) is 10.5 Å². The summed E-state index contributed by atoms with van der Waals surface area (Å²) in [6.45, 7) is 6.04. The zero-order valence-corrected chi connectivity index (χ0v) is 28.0. The largest absolute Gasteiger partial charge is 0.445 e. The number of esters is 1. The van der Waals surface area contributed by atoms with Crippen molar-refractivity contribution in [1.29, 1.82) is 0 Å². The molecular formula is C34H34N8O9. The highest BCUT2D eigenvalue weighted by Gasteiger charge is 2.29. The summed E-state index contributed by atoms with van der Waals surface area (Å²) in [6, 6.07) is 13.9. The van der Waals surface area contributed by atoms with Gasteiger partial charge in [0.15, 0.2) is 11.6 Å². The number of carbonyl (C=O) groups excluding carboxylic acids is 5. The molecule has 3 aromatic heterocycles. The first-order chi connectivity index (χ1) is 24.6. The topological polar surface area (TPSA) is 209 Å². The van der Waals surface area contributed by atoms with Crippen molar-refractivity contribution in [2.75, 3.05) is 23.6 Å². The van der Waals surface area contributed by atoms with Crippen LogP contribution in [0.4, 0.5) is 26.9 Å². The SMILES string of the molecule is CCNC(=O)c1cn2ncnc(N(C(=O)OCOC(=O)C(C)NC(=O)OCc3ccccc3)c3cc(C(=O)Nc4ccon4)ccc3C)c2c1C. The number of fused-ring (bicyclic) bond motifs is 1. The normalized spacial score (nSPS) is 11.3. The summed E-state index contributed by atoms with van der Waals surface area (Å²) in [5.74, 6) is -1.65. The molecule has 0 spiro atoms. The number of nitrogens with one attached hydrogen (secondary N) is 3. The maximum Gasteiger partial charge on any atom is 0.423 e. The van der Waals surface area contributed by atoms with Crippen LogP contribution in [-0.2, 0) is 25.6 Å². The van der Waals surface area contributed by atoms with Crippen LogP contribution in [0.25, 0.3) is 5.52 Å². The van der Waals surface area contributed by atoms with E-state index >= 15 is 0 Å². The summed E-state index contributed by atoms with van der Waals surface area (Å²) in [6.07, 6.45) is 2.08. The number of anilines is 3. The maximum absolute atomic E-state index is 13.9. The van der Waals surface area contributed by atoms with Gasteiger partial charge in [-0.25, -0.2) is 28.8 Å². The van der Waals surface area contributed by atoms with Crippen molar-refractivity contribution in [1.82, 2.24) is 30.4 Å². The average molecular weight is 699 g/mol. The number of amides is 4. The predicted octanol–water partition coefficient (Wildman–Crippen LogP) is 4.43. The summed E-state index contributed by atoms with van der Waals surface area (Å²) in [4.78, 5) is 70.2. The van der Waals surface area contributed by atoms with Crippen LogP contribution in [0.3, 0.4) is 0 Å². The van der Waals surface area contributed by atoms with Crippen LogP contribution >= 0.6 is 0 Å². The Morgan fingerprint density at radius 1 is 0.980 bits per heavy atom. The summed E-state index contributed by atoms with van der Waals surface area (Å²) < 4.78 is 21.8. The van der Waals surface area contributed by atoms with E-state index in [1.807, 2.05) is 6.07 Å². The molecule has 1 atom stereocenters. The number of nitrogens with zero attached hydrogens (tertiary/aromatic N) is 5. The Morgan fingerprint density at radius 3 is 2.49 bits per heavy atom. The molecule has 2 aromatic carbocycles. The highest BCUT2D eigenvalue weighted by atomic mass is 16.7.